The van der Waals surface area contributed by atoms with E-state index in [9.17, 15) is 0 Å². The molecular formula is C21H41IN4O2. The van der Waals surface area contributed by atoms with Crippen molar-refractivity contribution in [1.82, 2.24) is 15.5 Å². The standard InChI is InChI=1S/C21H40N4O2.HI/c1-22-20(23-12-16-26-17-19-9-8-15-27-19)24-18-21(10-4-2-5-11-21)25-13-6-3-7-14-25;/h19H,2-18H2,1H3,(H2,22,23,24);1H. The Morgan fingerprint density at radius 2 is 1.82 bits per heavy atom. The molecule has 3 aliphatic rings. The molecule has 0 radical (unpaired) electrons. The second-order valence-corrected chi connectivity index (χ2v) is 8.40. The maximum absolute atomic E-state index is 5.74. The monoisotopic (exact) mass is 508 g/mol. The fourth-order valence-corrected chi connectivity index (χ4v) is 4.88. The van der Waals surface area contributed by atoms with E-state index in [1.165, 1.54) is 70.9 Å². The Hall–Kier alpha value is -0.120. The second-order valence-electron chi connectivity index (χ2n) is 8.40. The van der Waals surface area contributed by atoms with Gasteiger partial charge in [-0.3, -0.25) is 9.89 Å². The fourth-order valence-electron chi connectivity index (χ4n) is 4.88. The predicted octanol–water partition coefficient (Wildman–Crippen LogP) is 3.15. The molecule has 1 unspecified atom stereocenters. The number of hydrogen-bond donors (Lipinski definition) is 2. The molecule has 1 saturated carbocycles. The van der Waals surface area contributed by atoms with Crippen LogP contribution in [0, 0.1) is 0 Å². The fraction of sp³-hybridized carbons (Fsp3) is 0.952. The van der Waals surface area contributed by atoms with Gasteiger partial charge >= 0.3 is 0 Å². The summed E-state index contributed by atoms with van der Waals surface area (Å²) >= 11 is 0. The summed E-state index contributed by atoms with van der Waals surface area (Å²) in [5.74, 6) is 0.901. The molecule has 0 aromatic heterocycles. The molecule has 0 spiro atoms. The van der Waals surface area contributed by atoms with Gasteiger partial charge in [0.25, 0.3) is 0 Å². The molecule has 0 aromatic rings. The summed E-state index contributed by atoms with van der Waals surface area (Å²) in [6.45, 7) is 6.62. The number of likely N-dealkylation sites (tertiary alicyclic amines) is 1. The van der Waals surface area contributed by atoms with E-state index in [2.05, 4.69) is 20.5 Å². The van der Waals surface area contributed by atoms with Crippen LogP contribution in [0.2, 0.25) is 0 Å². The Balaban J connectivity index is 0.00000280. The Bertz CT molecular complexity index is 446. The molecule has 1 atom stereocenters. The number of nitrogens with zero attached hydrogens (tertiary/aromatic N) is 2. The summed E-state index contributed by atoms with van der Waals surface area (Å²) in [6, 6.07) is 0. The van der Waals surface area contributed by atoms with Crippen LogP contribution >= 0.6 is 24.0 Å². The lowest BCUT2D eigenvalue weighted by atomic mass is 9.79. The number of guanidine groups is 1. The van der Waals surface area contributed by atoms with E-state index in [1.54, 1.807) is 0 Å². The van der Waals surface area contributed by atoms with E-state index < -0.39 is 0 Å². The van der Waals surface area contributed by atoms with Gasteiger partial charge in [0.05, 0.1) is 19.3 Å². The zero-order valence-corrected chi connectivity index (χ0v) is 20.0. The number of piperidine rings is 1. The molecule has 0 aromatic carbocycles. The van der Waals surface area contributed by atoms with Gasteiger partial charge in [-0.05, 0) is 51.6 Å². The summed E-state index contributed by atoms with van der Waals surface area (Å²) in [7, 11) is 1.86. The molecular weight excluding hydrogens is 467 g/mol. The first-order valence-corrected chi connectivity index (χ1v) is 11.2. The number of rotatable bonds is 8. The van der Waals surface area contributed by atoms with Crippen LogP contribution in [0.5, 0.6) is 0 Å². The minimum Gasteiger partial charge on any atom is -0.377 e. The number of aliphatic imine (C=N–C) groups is 1. The van der Waals surface area contributed by atoms with Crippen LogP contribution in [0.4, 0.5) is 0 Å². The largest absolute Gasteiger partial charge is 0.377 e. The van der Waals surface area contributed by atoms with Gasteiger partial charge in [-0.2, -0.15) is 0 Å². The van der Waals surface area contributed by atoms with Crippen molar-refractivity contribution in [2.75, 3.05) is 53.0 Å². The summed E-state index contributed by atoms with van der Waals surface area (Å²) in [4.78, 5) is 7.20. The van der Waals surface area contributed by atoms with Gasteiger partial charge in [-0.1, -0.05) is 25.7 Å². The molecule has 6 nitrogen and oxygen atoms in total. The van der Waals surface area contributed by atoms with Gasteiger partial charge in [-0.25, -0.2) is 0 Å². The van der Waals surface area contributed by atoms with Crippen molar-refractivity contribution in [3.63, 3.8) is 0 Å². The summed E-state index contributed by atoms with van der Waals surface area (Å²) in [5.41, 5.74) is 0.326. The predicted molar refractivity (Wildman–Crippen MR) is 126 cm³/mol. The van der Waals surface area contributed by atoms with Crippen molar-refractivity contribution in [3.8, 4) is 0 Å². The van der Waals surface area contributed by atoms with Crippen LogP contribution in [0.25, 0.3) is 0 Å². The van der Waals surface area contributed by atoms with Crippen LogP contribution in [0.3, 0.4) is 0 Å². The highest BCUT2D eigenvalue weighted by Crippen LogP contribution is 2.35. The minimum absolute atomic E-state index is 0. The topological polar surface area (TPSA) is 58.1 Å². The maximum atomic E-state index is 5.74. The lowest BCUT2D eigenvalue weighted by Crippen LogP contribution is -2.59. The lowest BCUT2D eigenvalue weighted by molar-refractivity contribution is 0.0190. The number of halogens is 1. The van der Waals surface area contributed by atoms with E-state index in [1.807, 2.05) is 7.05 Å². The van der Waals surface area contributed by atoms with Crippen LogP contribution in [0.15, 0.2) is 4.99 Å². The first kappa shape index (κ1) is 24.2. The summed E-state index contributed by atoms with van der Waals surface area (Å²) in [6.07, 6.45) is 13.5. The molecule has 2 N–H and O–H groups in total. The third kappa shape index (κ3) is 7.29. The lowest BCUT2D eigenvalue weighted by Gasteiger charge is -2.48. The third-order valence-electron chi connectivity index (χ3n) is 6.49. The molecule has 7 heteroatoms. The van der Waals surface area contributed by atoms with Crippen LogP contribution in [-0.4, -0.2) is 75.5 Å². The van der Waals surface area contributed by atoms with E-state index in [0.717, 1.165) is 32.1 Å². The van der Waals surface area contributed by atoms with Crippen molar-refractivity contribution in [1.29, 1.82) is 0 Å². The van der Waals surface area contributed by atoms with E-state index in [4.69, 9.17) is 9.47 Å². The zero-order chi connectivity index (χ0) is 18.8. The van der Waals surface area contributed by atoms with Crippen molar-refractivity contribution < 1.29 is 9.47 Å². The molecule has 3 fully saturated rings. The first-order chi connectivity index (χ1) is 13.3. The molecule has 0 bridgehead atoms. The van der Waals surface area contributed by atoms with Gasteiger partial charge < -0.3 is 20.1 Å². The van der Waals surface area contributed by atoms with Crippen LogP contribution < -0.4 is 10.6 Å². The molecule has 2 saturated heterocycles. The number of hydrogen-bond acceptors (Lipinski definition) is 4. The molecule has 3 rings (SSSR count). The zero-order valence-electron chi connectivity index (χ0n) is 17.7. The highest BCUT2D eigenvalue weighted by atomic mass is 127. The highest BCUT2D eigenvalue weighted by Gasteiger charge is 2.38. The van der Waals surface area contributed by atoms with E-state index in [-0.39, 0.29) is 24.0 Å². The SMILES string of the molecule is CN=C(NCCOCC1CCCO1)NCC1(N2CCCCC2)CCCCC1.I. The maximum Gasteiger partial charge on any atom is 0.191 e. The van der Waals surface area contributed by atoms with Gasteiger partial charge in [-0.15, -0.1) is 24.0 Å². The molecule has 2 aliphatic heterocycles. The first-order valence-electron chi connectivity index (χ1n) is 11.2. The summed E-state index contributed by atoms with van der Waals surface area (Å²) in [5, 5.41) is 7.04. The highest BCUT2D eigenvalue weighted by molar-refractivity contribution is 14.0. The quantitative estimate of drug-likeness (QED) is 0.228. The number of nitrogens with one attached hydrogen (secondary N) is 2. The van der Waals surface area contributed by atoms with E-state index in [0.29, 0.717) is 24.9 Å². The van der Waals surface area contributed by atoms with Crippen molar-refractivity contribution in [2.24, 2.45) is 4.99 Å². The molecule has 28 heavy (non-hydrogen) atoms. The Morgan fingerprint density at radius 3 is 2.50 bits per heavy atom. The molecule has 0 amide bonds. The second kappa shape index (κ2) is 13.2. The smallest absolute Gasteiger partial charge is 0.191 e. The average Bonchev–Trinajstić information content (AvgIpc) is 3.25. The Labute approximate surface area is 188 Å². The van der Waals surface area contributed by atoms with Crippen molar-refractivity contribution in [3.05, 3.63) is 0 Å². The van der Waals surface area contributed by atoms with Crippen LogP contribution in [-0.2, 0) is 9.47 Å². The summed E-state index contributed by atoms with van der Waals surface area (Å²) < 4.78 is 11.3. The number of ether oxygens (including phenoxy) is 2. The minimum atomic E-state index is 0. The average molecular weight is 508 g/mol. The van der Waals surface area contributed by atoms with Gasteiger partial charge in [0.2, 0.25) is 0 Å². The van der Waals surface area contributed by atoms with Crippen molar-refractivity contribution >= 4 is 29.9 Å². The molecule has 1 aliphatic carbocycles. The van der Waals surface area contributed by atoms with Gasteiger partial charge in [0.1, 0.15) is 0 Å². The molecule has 2 heterocycles. The van der Waals surface area contributed by atoms with Crippen molar-refractivity contribution in [2.45, 2.75) is 75.9 Å². The van der Waals surface area contributed by atoms with Gasteiger partial charge in [0.15, 0.2) is 5.96 Å². The Kier molecular flexibility index (Phi) is 11.4. The van der Waals surface area contributed by atoms with Gasteiger partial charge in [0, 0.05) is 32.3 Å². The normalized spacial score (nSPS) is 25.9. The molecule has 164 valence electrons. The van der Waals surface area contributed by atoms with E-state index >= 15 is 0 Å². The van der Waals surface area contributed by atoms with Crippen LogP contribution in [0.1, 0.15) is 64.2 Å². The third-order valence-corrected chi connectivity index (χ3v) is 6.49. The Morgan fingerprint density at radius 1 is 1.07 bits per heavy atom.